The van der Waals surface area contributed by atoms with Crippen LogP contribution in [0.15, 0.2) is 37.0 Å². The molecule has 0 aromatic heterocycles. The van der Waals surface area contributed by atoms with Gasteiger partial charge in [-0.25, -0.2) is 0 Å². The second-order valence-corrected chi connectivity index (χ2v) is 3.13. The monoisotopic (exact) mass is 161 g/mol. The van der Waals surface area contributed by atoms with Crippen LogP contribution < -0.4 is 5.32 Å². The van der Waals surface area contributed by atoms with Gasteiger partial charge in [0.2, 0.25) is 0 Å². The first-order valence-corrected chi connectivity index (χ1v) is 4.21. The summed E-state index contributed by atoms with van der Waals surface area (Å²) in [5, 5.41) is 3.07. The van der Waals surface area contributed by atoms with Gasteiger partial charge in [0.05, 0.1) is 0 Å². The van der Waals surface area contributed by atoms with Crippen molar-refractivity contribution in [3.8, 4) is 0 Å². The molecule has 0 radical (unpaired) electrons. The first-order valence-electron chi connectivity index (χ1n) is 4.21. The van der Waals surface area contributed by atoms with Crippen LogP contribution in [0.3, 0.4) is 0 Å². The van der Waals surface area contributed by atoms with E-state index in [4.69, 9.17) is 0 Å². The molecular weight excluding hydrogens is 146 g/mol. The Labute approximate surface area is 74.1 Å². The molecular formula is C11H15N. The molecule has 12 heavy (non-hydrogen) atoms. The molecule has 0 amide bonds. The average molecular weight is 161 g/mol. The summed E-state index contributed by atoms with van der Waals surface area (Å²) >= 11 is 0. The molecule has 0 unspecified atom stereocenters. The van der Waals surface area contributed by atoms with Crippen molar-refractivity contribution in [3.05, 3.63) is 42.6 Å². The maximum absolute atomic E-state index is 3.62. The fraction of sp³-hybridized carbons (Fsp3) is 0.273. The Hall–Kier alpha value is -1.24. The third-order valence-electron chi connectivity index (χ3n) is 1.82. The molecule has 0 fully saturated rings. The molecule has 0 aliphatic carbocycles. The van der Waals surface area contributed by atoms with E-state index >= 15 is 0 Å². The summed E-state index contributed by atoms with van der Waals surface area (Å²) in [5.41, 5.74) is 2.46. The SMILES string of the molecule is C=CNc1cccc(C(C)C)c1. The Morgan fingerprint density at radius 2 is 2.17 bits per heavy atom. The van der Waals surface area contributed by atoms with Gasteiger partial charge in [0.25, 0.3) is 0 Å². The van der Waals surface area contributed by atoms with Gasteiger partial charge in [0, 0.05) is 5.69 Å². The van der Waals surface area contributed by atoms with Crippen LogP contribution in [0.1, 0.15) is 25.3 Å². The summed E-state index contributed by atoms with van der Waals surface area (Å²) < 4.78 is 0. The van der Waals surface area contributed by atoms with Gasteiger partial charge in [-0.3, -0.25) is 0 Å². The maximum Gasteiger partial charge on any atom is 0.0382 e. The highest BCUT2D eigenvalue weighted by molar-refractivity contribution is 5.48. The van der Waals surface area contributed by atoms with E-state index in [2.05, 4.69) is 43.9 Å². The van der Waals surface area contributed by atoms with Gasteiger partial charge < -0.3 is 5.32 Å². The molecule has 0 saturated heterocycles. The van der Waals surface area contributed by atoms with Crippen LogP contribution in [0.5, 0.6) is 0 Å². The summed E-state index contributed by atoms with van der Waals surface area (Å²) in [7, 11) is 0. The summed E-state index contributed by atoms with van der Waals surface area (Å²) in [6.45, 7) is 7.99. The Morgan fingerprint density at radius 1 is 1.42 bits per heavy atom. The van der Waals surface area contributed by atoms with Gasteiger partial charge in [-0.15, -0.1) is 0 Å². The van der Waals surface area contributed by atoms with E-state index < -0.39 is 0 Å². The molecule has 0 aliphatic rings. The number of hydrogen-bond donors (Lipinski definition) is 1. The minimum Gasteiger partial charge on any atom is -0.362 e. The summed E-state index contributed by atoms with van der Waals surface area (Å²) in [4.78, 5) is 0. The number of rotatable bonds is 3. The predicted octanol–water partition coefficient (Wildman–Crippen LogP) is 3.37. The third kappa shape index (κ3) is 2.12. The molecule has 0 heterocycles. The Kier molecular flexibility index (Phi) is 2.92. The molecule has 1 heteroatoms. The molecule has 1 N–H and O–H groups in total. The van der Waals surface area contributed by atoms with E-state index in [-0.39, 0.29) is 0 Å². The van der Waals surface area contributed by atoms with Crippen molar-refractivity contribution in [2.24, 2.45) is 0 Å². The van der Waals surface area contributed by atoms with Gasteiger partial charge >= 0.3 is 0 Å². The topological polar surface area (TPSA) is 12.0 Å². The molecule has 0 spiro atoms. The van der Waals surface area contributed by atoms with Crippen LogP contribution in [0.25, 0.3) is 0 Å². The smallest absolute Gasteiger partial charge is 0.0382 e. The zero-order valence-corrected chi connectivity index (χ0v) is 7.67. The molecule has 0 atom stereocenters. The van der Waals surface area contributed by atoms with Crippen LogP contribution >= 0.6 is 0 Å². The van der Waals surface area contributed by atoms with Gasteiger partial charge in [-0.1, -0.05) is 32.6 Å². The second kappa shape index (κ2) is 3.96. The molecule has 1 nitrogen and oxygen atoms in total. The van der Waals surface area contributed by atoms with Crippen LogP contribution in [0.2, 0.25) is 0 Å². The lowest BCUT2D eigenvalue weighted by Crippen LogP contribution is -1.90. The lowest BCUT2D eigenvalue weighted by molar-refractivity contribution is 0.867. The minimum absolute atomic E-state index is 0.580. The second-order valence-electron chi connectivity index (χ2n) is 3.13. The van der Waals surface area contributed by atoms with Crippen molar-refractivity contribution >= 4 is 5.69 Å². The lowest BCUT2D eigenvalue weighted by Gasteiger charge is -2.07. The molecule has 1 rings (SSSR count). The van der Waals surface area contributed by atoms with Crippen LogP contribution in [0, 0.1) is 0 Å². The molecule has 64 valence electrons. The molecule has 0 bridgehead atoms. The van der Waals surface area contributed by atoms with Crippen molar-refractivity contribution in [2.75, 3.05) is 5.32 Å². The highest BCUT2D eigenvalue weighted by atomic mass is 14.8. The molecule has 1 aromatic carbocycles. The fourth-order valence-corrected chi connectivity index (χ4v) is 1.11. The van der Waals surface area contributed by atoms with E-state index in [1.54, 1.807) is 6.20 Å². The number of benzene rings is 1. The normalized spacial score (nSPS) is 9.92. The van der Waals surface area contributed by atoms with Crippen LogP contribution in [0.4, 0.5) is 5.69 Å². The van der Waals surface area contributed by atoms with Gasteiger partial charge in [-0.2, -0.15) is 0 Å². The van der Waals surface area contributed by atoms with Crippen molar-refractivity contribution in [1.29, 1.82) is 0 Å². The van der Waals surface area contributed by atoms with E-state index in [0.29, 0.717) is 5.92 Å². The molecule has 1 aromatic rings. The summed E-state index contributed by atoms with van der Waals surface area (Å²) in [6.07, 6.45) is 1.69. The van der Waals surface area contributed by atoms with Crippen molar-refractivity contribution < 1.29 is 0 Å². The summed E-state index contributed by atoms with van der Waals surface area (Å²) in [6, 6.07) is 8.38. The van der Waals surface area contributed by atoms with E-state index in [1.165, 1.54) is 5.56 Å². The highest BCUT2D eigenvalue weighted by Gasteiger charge is 1.98. The number of hydrogen-bond acceptors (Lipinski definition) is 1. The quantitative estimate of drug-likeness (QED) is 0.716. The fourth-order valence-electron chi connectivity index (χ4n) is 1.11. The zero-order chi connectivity index (χ0) is 8.97. The van der Waals surface area contributed by atoms with Gasteiger partial charge in [0.15, 0.2) is 0 Å². The number of nitrogens with one attached hydrogen (secondary N) is 1. The summed E-state index contributed by atoms with van der Waals surface area (Å²) in [5.74, 6) is 0.580. The van der Waals surface area contributed by atoms with Crippen molar-refractivity contribution in [3.63, 3.8) is 0 Å². The first-order chi connectivity index (χ1) is 5.74. The lowest BCUT2D eigenvalue weighted by atomic mass is 10.0. The van der Waals surface area contributed by atoms with Crippen molar-refractivity contribution in [1.82, 2.24) is 0 Å². The largest absolute Gasteiger partial charge is 0.362 e. The Balaban J connectivity index is 2.87. The third-order valence-corrected chi connectivity index (χ3v) is 1.82. The zero-order valence-electron chi connectivity index (χ0n) is 7.67. The number of anilines is 1. The van der Waals surface area contributed by atoms with Crippen LogP contribution in [-0.2, 0) is 0 Å². The predicted molar refractivity (Wildman–Crippen MR) is 54.4 cm³/mol. The van der Waals surface area contributed by atoms with E-state index in [1.807, 2.05) is 6.07 Å². The molecule has 0 saturated carbocycles. The van der Waals surface area contributed by atoms with E-state index in [0.717, 1.165) is 5.69 Å². The van der Waals surface area contributed by atoms with Crippen molar-refractivity contribution in [2.45, 2.75) is 19.8 Å². The standard InChI is InChI=1S/C11H15N/c1-4-12-11-7-5-6-10(8-11)9(2)3/h4-9,12H,1H2,2-3H3. The maximum atomic E-state index is 3.62. The first kappa shape index (κ1) is 8.85. The van der Waals surface area contributed by atoms with E-state index in [9.17, 15) is 0 Å². The highest BCUT2D eigenvalue weighted by Crippen LogP contribution is 2.18. The Morgan fingerprint density at radius 3 is 2.75 bits per heavy atom. The van der Waals surface area contributed by atoms with Crippen LogP contribution in [-0.4, -0.2) is 0 Å². The van der Waals surface area contributed by atoms with Gasteiger partial charge in [-0.05, 0) is 29.8 Å². The molecule has 0 aliphatic heterocycles. The Bertz CT molecular complexity index is 263. The average Bonchev–Trinajstić information content (AvgIpc) is 2.05. The minimum atomic E-state index is 0.580. The van der Waals surface area contributed by atoms with Gasteiger partial charge in [0.1, 0.15) is 0 Å².